The molecule has 0 aliphatic heterocycles. The molecule has 1 aliphatic rings. The van der Waals surface area contributed by atoms with Gasteiger partial charge in [0.1, 0.15) is 5.01 Å². The first-order valence-electron chi connectivity index (χ1n) is 5.12. The monoisotopic (exact) mass is 299 g/mol. The molecular weight excluding hydrogens is 290 g/mol. The van der Waals surface area contributed by atoms with Crippen molar-refractivity contribution in [2.45, 2.75) is 25.4 Å². The van der Waals surface area contributed by atoms with E-state index in [0.717, 1.165) is 22.1 Å². The van der Waals surface area contributed by atoms with E-state index in [1.54, 1.807) is 17.6 Å². The van der Waals surface area contributed by atoms with Crippen molar-refractivity contribution in [3.8, 4) is 10.6 Å². The summed E-state index contributed by atoms with van der Waals surface area (Å²) >= 11 is 4.94. The van der Waals surface area contributed by atoms with Crippen molar-refractivity contribution < 1.29 is 4.42 Å². The van der Waals surface area contributed by atoms with Crippen molar-refractivity contribution in [1.82, 2.24) is 15.5 Å². The molecule has 6 heteroatoms. The van der Waals surface area contributed by atoms with Crippen LogP contribution in [0.5, 0.6) is 0 Å². The van der Waals surface area contributed by atoms with Gasteiger partial charge >= 0.3 is 0 Å². The Morgan fingerprint density at radius 2 is 2.38 bits per heavy atom. The molecule has 3 rings (SSSR count). The molecule has 0 saturated heterocycles. The van der Waals surface area contributed by atoms with Gasteiger partial charge < -0.3 is 9.73 Å². The third-order valence-corrected chi connectivity index (χ3v) is 4.01. The molecule has 1 saturated carbocycles. The number of aromatic nitrogens is 2. The van der Waals surface area contributed by atoms with Gasteiger partial charge in [0.15, 0.2) is 9.68 Å². The van der Waals surface area contributed by atoms with Crippen molar-refractivity contribution in [3.05, 3.63) is 22.0 Å². The minimum Gasteiger partial charge on any atom is -0.457 e. The number of halogens is 1. The highest BCUT2D eigenvalue weighted by Crippen LogP contribution is 2.31. The number of furan rings is 1. The van der Waals surface area contributed by atoms with Crippen LogP contribution in [0.25, 0.3) is 10.6 Å². The molecule has 4 nitrogen and oxygen atoms in total. The topological polar surface area (TPSA) is 51.0 Å². The van der Waals surface area contributed by atoms with Crippen LogP contribution in [0, 0.1) is 0 Å². The average Bonchev–Trinajstić information content (AvgIpc) is 2.82. The summed E-state index contributed by atoms with van der Waals surface area (Å²) in [5.41, 5.74) is 0.968. The summed E-state index contributed by atoms with van der Waals surface area (Å²) in [5, 5.41) is 13.7. The van der Waals surface area contributed by atoms with E-state index in [1.165, 1.54) is 12.8 Å². The normalized spacial score (nSPS) is 15.6. The maximum Gasteiger partial charge on any atom is 0.179 e. The number of hydrogen-bond acceptors (Lipinski definition) is 5. The Morgan fingerprint density at radius 3 is 3.06 bits per heavy atom. The van der Waals surface area contributed by atoms with E-state index in [9.17, 15) is 0 Å². The predicted molar refractivity (Wildman–Crippen MR) is 65.2 cm³/mol. The molecule has 1 aliphatic carbocycles. The van der Waals surface area contributed by atoms with Crippen LogP contribution in [0.1, 0.15) is 17.8 Å². The standard InChI is InChI=1S/C10H10BrN3OS/c11-9-7(3-4-15-9)10-14-13-8(16-10)5-12-6-1-2-6/h3-4,6,12H,1-2,5H2. The Bertz CT molecular complexity index is 492. The second kappa shape index (κ2) is 4.27. The summed E-state index contributed by atoms with van der Waals surface area (Å²) in [7, 11) is 0. The Balaban J connectivity index is 1.74. The van der Waals surface area contributed by atoms with Gasteiger partial charge in [0.2, 0.25) is 0 Å². The van der Waals surface area contributed by atoms with Crippen molar-refractivity contribution in [2.75, 3.05) is 0 Å². The Morgan fingerprint density at radius 1 is 1.50 bits per heavy atom. The lowest BCUT2D eigenvalue weighted by Gasteiger charge is -1.95. The molecule has 0 atom stereocenters. The highest BCUT2D eigenvalue weighted by atomic mass is 79.9. The van der Waals surface area contributed by atoms with Crippen LogP contribution in [-0.2, 0) is 6.54 Å². The quantitative estimate of drug-likeness (QED) is 0.943. The summed E-state index contributed by atoms with van der Waals surface area (Å²) in [4.78, 5) is 0. The summed E-state index contributed by atoms with van der Waals surface area (Å²) in [6.07, 6.45) is 4.22. The van der Waals surface area contributed by atoms with E-state index in [-0.39, 0.29) is 0 Å². The fourth-order valence-corrected chi connectivity index (χ4v) is 2.77. The van der Waals surface area contributed by atoms with Gasteiger partial charge in [-0.3, -0.25) is 0 Å². The second-order valence-electron chi connectivity index (χ2n) is 3.76. The molecule has 0 bridgehead atoms. The van der Waals surface area contributed by atoms with Gasteiger partial charge in [0, 0.05) is 12.6 Å². The molecule has 16 heavy (non-hydrogen) atoms. The van der Waals surface area contributed by atoms with E-state index in [1.807, 2.05) is 6.07 Å². The predicted octanol–water partition coefficient (Wildman–Crippen LogP) is 2.81. The molecule has 0 unspecified atom stereocenters. The smallest absolute Gasteiger partial charge is 0.179 e. The summed E-state index contributed by atoms with van der Waals surface area (Å²) in [5.74, 6) is 0. The Kier molecular flexibility index (Phi) is 2.79. The van der Waals surface area contributed by atoms with Gasteiger partial charge in [-0.2, -0.15) is 0 Å². The zero-order chi connectivity index (χ0) is 11.0. The first-order chi connectivity index (χ1) is 7.83. The second-order valence-corrected chi connectivity index (χ2v) is 5.55. The fourth-order valence-electron chi connectivity index (χ4n) is 1.40. The number of nitrogens with one attached hydrogen (secondary N) is 1. The maximum absolute atomic E-state index is 5.18. The zero-order valence-electron chi connectivity index (χ0n) is 8.44. The lowest BCUT2D eigenvalue weighted by Crippen LogP contribution is -2.14. The van der Waals surface area contributed by atoms with Crippen molar-refractivity contribution in [2.24, 2.45) is 0 Å². The largest absolute Gasteiger partial charge is 0.457 e. The highest BCUT2D eigenvalue weighted by molar-refractivity contribution is 9.10. The molecule has 0 aromatic carbocycles. The van der Waals surface area contributed by atoms with Crippen LogP contribution in [0.15, 0.2) is 21.4 Å². The molecular formula is C10H10BrN3OS. The van der Waals surface area contributed by atoms with Crippen LogP contribution in [0.3, 0.4) is 0 Å². The molecule has 0 spiro atoms. The maximum atomic E-state index is 5.18. The van der Waals surface area contributed by atoms with Crippen molar-refractivity contribution >= 4 is 27.3 Å². The minimum absolute atomic E-state index is 0.702. The molecule has 2 heterocycles. The molecule has 84 valence electrons. The minimum atomic E-state index is 0.702. The Hall–Kier alpha value is -0.720. The van der Waals surface area contributed by atoms with Crippen LogP contribution >= 0.6 is 27.3 Å². The zero-order valence-corrected chi connectivity index (χ0v) is 10.8. The van der Waals surface area contributed by atoms with Crippen LogP contribution in [0.4, 0.5) is 0 Å². The molecule has 0 amide bonds. The van der Waals surface area contributed by atoms with Gasteiger partial charge in [-0.1, -0.05) is 11.3 Å². The lowest BCUT2D eigenvalue weighted by molar-refractivity contribution is 0.542. The van der Waals surface area contributed by atoms with Crippen LogP contribution < -0.4 is 5.32 Å². The molecule has 2 aromatic heterocycles. The summed E-state index contributed by atoms with van der Waals surface area (Å²) in [6.45, 7) is 0.817. The number of rotatable bonds is 4. The molecule has 1 fully saturated rings. The molecule has 2 aromatic rings. The van der Waals surface area contributed by atoms with Gasteiger partial charge in [0.05, 0.1) is 11.8 Å². The molecule has 1 N–H and O–H groups in total. The van der Waals surface area contributed by atoms with E-state index in [2.05, 4.69) is 31.4 Å². The van der Waals surface area contributed by atoms with Gasteiger partial charge in [-0.15, -0.1) is 10.2 Å². The van der Waals surface area contributed by atoms with Gasteiger partial charge in [0.25, 0.3) is 0 Å². The van der Waals surface area contributed by atoms with Crippen molar-refractivity contribution in [3.63, 3.8) is 0 Å². The lowest BCUT2D eigenvalue weighted by atomic mass is 10.4. The third kappa shape index (κ3) is 2.18. The highest BCUT2D eigenvalue weighted by Gasteiger charge is 2.21. The third-order valence-electron chi connectivity index (χ3n) is 2.43. The summed E-state index contributed by atoms with van der Waals surface area (Å²) in [6, 6.07) is 2.59. The first-order valence-corrected chi connectivity index (χ1v) is 6.73. The SMILES string of the molecule is Brc1occc1-c1nnc(CNC2CC2)s1. The summed E-state index contributed by atoms with van der Waals surface area (Å²) < 4.78 is 5.89. The van der Waals surface area contributed by atoms with Crippen LogP contribution in [0.2, 0.25) is 0 Å². The van der Waals surface area contributed by atoms with Crippen LogP contribution in [-0.4, -0.2) is 16.2 Å². The van der Waals surface area contributed by atoms with E-state index >= 15 is 0 Å². The number of hydrogen-bond donors (Lipinski definition) is 1. The van der Waals surface area contributed by atoms with Gasteiger partial charge in [-0.05, 0) is 34.8 Å². The fraction of sp³-hybridized carbons (Fsp3) is 0.400. The number of nitrogens with zero attached hydrogens (tertiary/aromatic N) is 2. The average molecular weight is 300 g/mol. The molecule has 0 radical (unpaired) electrons. The van der Waals surface area contributed by atoms with Crippen molar-refractivity contribution in [1.29, 1.82) is 0 Å². The van der Waals surface area contributed by atoms with Gasteiger partial charge in [-0.25, -0.2) is 0 Å². The van der Waals surface area contributed by atoms with E-state index in [0.29, 0.717) is 10.7 Å². The Labute approximate surface area is 105 Å². The first kappa shape index (κ1) is 10.4. The van der Waals surface area contributed by atoms with E-state index < -0.39 is 0 Å². The van der Waals surface area contributed by atoms with E-state index in [4.69, 9.17) is 4.42 Å².